The molecule has 5 atom stereocenters. The van der Waals surface area contributed by atoms with Gasteiger partial charge in [-0.25, -0.2) is 8.78 Å². The van der Waals surface area contributed by atoms with Gasteiger partial charge in [-0.05, 0) is 61.9 Å². The summed E-state index contributed by atoms with van der Waals surface area (Å²) >= 11 is 0. The quantitative estimate of drug-likeness (QED) is 0.114. The van der Waals surface area contributed by atoms with Gasteiger partial charge in [0.1, 0.15) is 11.6 Å². The standard InChI is InChI=1S/C35H51F2NO6Si.C2H5NO/c1-5-8-23-42-34(41)35(25-28(39)7-3)22-20-31(33(40)44-32(37)15-6-2)38(35)26-43-45(24-21-27(4)36,29-16-11-9-12-17-29)30-18-13-10-14-19-30;1-2(3)4/h9-14,16-19,27-28,31-32,39H,5-8,15,20-26H2,1-4H3;1H3,(H2,3,4). The molecule has 3 rings (SSSR count). The zero-order valence-corrected chi connectivity index (χ0v) is 30.7. The fourth-order valence-corrected chi connectivity index (χ4v) is 10.1. The van der Waals surface area contributed by atoms with E-state index in [4.69, 9.17) is 13.9 Å². The summed E-state index contributed by atoms with van der Waals surface area (Å²) < 4.78 is 47.1. The van der Waals surface area contributed by atoms with Crippen LogP contribution in [0.4, 0.5) is 8.78 Å². The van der Waals surface area contributed by atoms with Crippen LogP contribution in [-0.2, 0) is 28.3 Å². The summed E-state index contributed by atoms with van der Waals surface area (Å²) in [6.07, 6.45) is -0.590. The molecular formula is C37H56F2N2O7Si. The van der Waals surface area contributed by atoms with Crippen molar-refractivity contribution in [3.8, 4) is 0 Å². The molecule has 1 amide bonds. The predicted octanol–water partition coefficient (Wildman–Crippen LogP) is 5.31. The van der Waals surface area contributed by atoms with Crippen molar-refractivity contribution in [2.24, 2.45) is 5.73 Å². The molecule has 3 N–H and O–H groups in total. The van der Waals surface area contributed by atoms with Gasteiger partial charge in [0.15, 0.2) is 0 Å². The number of aliphatic hydroxyl groups is 1. The first-order valence-corrected chi connectivity index (χ1v) is 19.6. The second kappa shape index (κ2) is 21.1. The maximum Gasteiger partial charge on any atom is 0.326 e. The van der Waals surface area contributed by atoms with Crippen molar-refractivity contribution in [1.29, 1.82) is 0 Å². The highest BCUT2D eigenvalue weighted by Gasteiger charge is 2.57. The molecule has 1 aliphatic rings. The predicted molar refractivity (Wildman–Crippen MR) is 189 cm³/mol. The number of hydrogen-bond acceptors (Lipinski definition) is 8. The van der Waals surface area contributed by atoms with Gasteiger partial charge in [0, 0.05) is 19.8 Å². The Bertz CT molecular complexity index is 1230. The van der Waals surface area contributed by atoms with E-state index in [0.29, 0.717) is 25.3 Å². The van der Waals surface area contributed by atoms with Crippen LogP contribution >= 0.6 is 0 Å². The number of aliphatic hydroxyl groups excluding tert-OH is 1. The van der Waals surface area contributed by atoms with Gasteiger partial charge in [-0.1, -0.05) is 87.9 Å². The molecule has 5 unspecified atom stereocenters. The average Bonchev–Trinajstić information content (AvgIpc) is 3.44. The van der Waals surface area contributed by atoms with Crippen LogP contribution in [0, 0.1) is 0 Å². The van der Waals surface area contributed by atoms with Crippen LogP contribution < -0.4 is 16.1 Å². The molecule has 0 spiro atoms. The SMILES string of the molecule is CC(N)=O.CCCCOC(=O)C1(CC(O)CC)CCC(C(=O)OC(F)CCC)N1CO[Si](CCC(C)F)(c1ccccc1)c1ccccc1. The number of halogens is 2. The maximum absolute atomic E-state index is 14.6. The third kappa shape index (κ3) is 12.3. The number of unbranched alkanes of at least 4 members (excludes halogenated alkanes) is 1. The van der Waals surface area contributed by atoms with Crippen LogP contribution in [0.25, 0.3) is 0 Å². The summed E-state index contributed by atoms with van der Waals surface area (Å²) in [6.45, 7) is 8.45. The van der Waals surface area contributed by atoms with E-state index < -0.39 is 50.5 Å². The third-order valence-corrected chi connectivity index (χ3v) is 12.9. The van der Waals surface area contributed by atoms with Crippen molar-refractivity contribution in [2.45, 2.75) is 129 Å². The van der Waals surface area contributed by atoms with Crippen LogP contribution in [0.5, 0.6) is 0 Å². The first-order valence-electron chi connectivity index (χ1n) is 17.5. The summed E-state index contributed by atoms with van der Waals surface area (Å²) in [6, 6.07) is 18.8. The Hall–Kier alpha value is -3.19. The van der Waals surface area contributed by atoms with Gasteiger partial charge in [-0.15, -0.1) is 0 Å². The molecule has 0 aromatic heterocycles. The minimum absolute atomic E-state index is 0.0162. The van der Waals surface area contributed by atoms with E-state index in [-0.39, 0.29) is 51.3 Å². The lowest BCUT2D eigenvalue weighted by Gasteiger charge is -2.42. The average molecular weight is 707 g/mol. The van der Waals surface area contributed by atoms with Gasteiger partial charge in [0.25, 0.3) is 8.32 Å². The molecule has 12 heteroatoms. The van der Waals surface area contributed by atoms with E-state index in [2.05, 4.69) is 5.73 Å². The Kier molecular flexibility index (Phi) is 18.1. The first kappa shape index (κ1) is 42.0. The van der Waals surface area contributed by atoms with Gasteiger partial charge in [-0.3, -0.25) is 19.3 Å². The molecule has 2 aromatic rings. The molecule has 1 saturated heterocycles. The lowest BCUT2D eigenvalue weighted by molar-refractivity contribution is -0.173. The summed E-state index contributed by atoms with van der Waals surface area (Å²) in [7, 11) is -3.19. The normalized spacial score (nSPS) is 19.6. The number of amides is 1. The highest BCUT2D eigenvalue weighted by atomic mass is 28.4. The highest BCUT2D eigenvalue weighted by molar-refractivity contribution is 6.97. The zero-order valence-electron chi connectivity index (χ0n) is 29.7. The minimum atomic E-state index is -3.19. The van der Waals surface area contributed by atoms with Crippen LogP contribution in [0.15, 0.2) is 60.7 Å². The number of nitrogens with zero attached hydrogens (tertiary/aromatic N) is 1. The number of carbonyl (C=O) groups excluding carboxylic acids is 3. The molecule has 0 bridgehead atoms. The van der Waals surface area contributed by atoms with Crippen LogP contribution in [-0.4, -0.2) is 79.7 Å². The number of rotatable bonds is 19. The van der Waals surface area contributed by atoms with Crippen molar-refractivity contribution in [1.82, 2.24) is 4.90 Å². The molecule has 2 aromatic carbocycles. The number of ether oxygens (including phenoxy) is 2. The van der Waals surface area contributed by atoms with E-state index in [1.807, 2.05) is 74.5 Å². The molecular weight excluding hydrogens is 650 g/mol. The fourth-order valence-electron chi connectivity index (χ4n) is 6.11. The lowest BCUT2D eigenvalue weighted by atomic mass is 9.88. The molecule has 274 valence electrons. The third-order valence-electron chi connectivity index (χ3n) is 8.77. The molecule has 49 heavy (non-hydrogen) atoms. The van der Waals surface area contributed by atoms with Gasteiger partial charge in [-0.2, -0.15) is 0 Å². The number of esters is 2. The number of likely N-dealkylation sites (tertiary alicyclic amines) is 1. The largest absolute Gasteiger partial charge is 0.464 e. The summed E-state index contributed by atoms with van der Waals surface area (Å²) in [5.74, 6) is -1.66. The molecule has 1 heterocycles. The number of nitrogens with two attached hydrogens (primary N) is 1. The van der Waals surface area contributed by atoms with Gasteiger partial charge in [0.2, 0.25) is 12.3 Å². The van der Waals surface area contributed by atoms with Crippen LogP contribution in [0.2, 0.25) is 6.04 Å². The number of primary amides is 1. The number of carbonyl (C=O) groups is 3. The second-order valence-electron chi connectivity index (χ2n) is 12.7. The van der Waals surface area contributed by atoms with Crippen molar-refractivity contribution < 1.29 is 42.2 Å². The van der Waals surface area contributed by atoms with E-state index in [1.165, 1.54) is 13.8 Å². The number of alkyl halides is 2. The monoisotopic (exact) mass is 706 g/mol. The molecule has 0 aliphatic carbocycles. The Morgan fingerprint density at radius 2 is 1.57 bits per heavy atom. The van der Waals surface area contributed by atoms with E-state index in [9.17, 15) is 28.3 Å². The topological polar surface area (TPSA) is 128 Å². The molecule has 1 aliphatic heterocycles. The van der Waals surface area contributed by atoms with Gasteiger partial charge >= 0.3 is 11.9 Å². The number of benzene rings is 2. The fraction of sp³-hybridized carbons (Fsp3) is 0.595. The highest BCUT2D eigenvalue weighted by Crippen LogP contribution is 2.40. The molecule has 0 saturated carbocycles. The summed E-state index contributed by atoms with van der Waals surface area (Å²) in [5.41, 5.74) is 3.07. The Morgan fingerprint density at radius 1 is 1.00 bits per heavy atom. The Balaban J connectivity index is 0.00000197. The zero-order chi connectivity index (χ0) is 36.5. The maximum atomic E-state index is 14.6. The smallest absolute Gasteiger partial charge is 0.326 e. The summed E-state index contributed by atoms with van der Waals surface area (Å²) in [4.78, 5) is 38.4. The molecule has 1 fully saturated rings. The van der Waals surface area contributed by atoms with Crippen molar-refractivity contribution in [3.63, 3.8) is 0 Å². The molecule has 0 radical (unpaired) electrons. The Morgan fingerprint density at radius 3 is 2.06 bits per heavy atom. The van der Waals surface area contributed by atoms with E-state index >= 15 is 0 Å². The van der Waals surface area contributed by atoms with Crippen molar-refractivity contribution in [2.75, 3.05) is 13.3 Å². The number of hydrogen-bond donors (Lipinski definition) is 2. The van der Waals surface area contributed by atoms with Crippen LogP contribution in [0.1, 0.15) is 92.4 Å². The van der Waals surface area contributed by atoms with Gasteiger partial charge in [0.05, 0.1) is 25.6 Å². The van der Waals surface area contributed by atoms with E-state index in [1.54, 1.807) is 11.8 Å². The van der Waals surface area contributed by atoms with Crippen molar-refractivity contribution >= 4 is 36.5 Å². The van der Waals surface area contributed by atoms with Crippen LogP contribution in [0.3, 0.4) is 0 Å². The minimum Gasteiger partial charge on any atom is -0.464 e. The molecule has 9 nitrogen and oxygen atoms in total. The first-order chi connectivity index (χ1) is 23.4. The van der Waals surface area contributed by atoms with Crippen molar-refractivity contribution in [3.05, 3.63) is 60.7 Å². The second-order valence-corrected chi connectivity index (χ2v) is 16.3. The lowest BCUT2D eigenvalue weighted by Crippen LogP contribution is -2.64. The summed E-state index contributed by atoms with van der Waals surface area (Å²) in [5, 5.41) is 12.8. The van der Waals surface area contributed by atoms with Gasteiger partial charge < -0.3 is 24.7 Å². The van der Waals surface area contributed by atoms with E-state index in [0.717, 1.165) is 16.8 Å². The Labute approximate surface area is 291 Å².